The first-order valence-electron chi connectivity index (χ1n) is 8.29. The predicted molar refractivity (Wildman–Crippen MR) is 108 cm³/mol. The predicted octanol–water partition coefficient (Wildman–Crippen LogP) is 3.64. The SMILES string of the molecule is Cc1cc(C)nc(NC(=NCC(C)C)NC(=S)Nc2ccc(F)cc2)n1. The monoisotopic (exact) mass is 374 g/mol. The second kappa shape index (κ2) is 9.19. The fourth-order valence-corrected chi connectivity index (χ4v) is 2.29. The van der Waals surface area contributed by atoms with Crippen molar-refractivity contribution in [2.24, 2.45) is 10.9 Å². The van der Waals surface area contributed by atoms with Crippen LogP contribution in [0, 0.1) is 25.6 Å². The van der Waals surface area contributed by atoms with E-state index in [4.69, 9.17) is 12.2 Å². The number of nitrogens with zero attached hydrogens (tertiary/aromatic N) is 3. The number of anilines is 2. The molecular weight excluding hydrogens is 351 g/mol. The standard InChI is InChI=1S/C18H23FN6S/c1-11(2)10-20-16(24-17-21-12(3)9-13(4)22-17)25-18(26)23-15-7-5-14(19)6-8-15/h5-9,11H,10H2,1-4H3,(H3,20,21,22,23,24,25,26). The molecule has 0 spiro atoms. The minimum atomic E-state index is -0.303. The Bertz CT molecular complexity index is 769. The van der Waals surface area contributed by atoms with Crippen molar-refractivity contribution in [2.45, 2.75) is 27.7 Å². The molecule has 26 heavy (non-hydrogen) atoms. The molecule has 6 nitrogen and oxygen atoms in total. The van der Waals surface area contributed by atoms with Crippen molar-refractivity contribution >= 4 is 34.9 Å². The highest BCUT2D eigenvalue weighted by Gasteiger charge is 2.07. The van der Waals surface area contributed by atoms with Crippen molar-refractivity contribution in [2.75, 3.05) is 17.2 Å². The minimum Gasteiger partial charge on any atom is -0.332 e. The van der Waals surface area contributed by atoms with Crippen LogP contribution in [0.1, 0.15) is 25.2 Å². The molecule has 0 saturated heterocycles. The van der Waals surface area contributed by atoms with Gasteiger partial charge in [-0.25, -0.2) is 14.4 Å². The average molecular weight is 374 g/mol. The van der Waals surface area contributed by atoms with Crippen molar-refractivity contribution in [3.8, 4) is 0 Å². The van der Waals surface area contributed by atoms with Crippen LogP contribution >= 0.6 is 12.2 Å². The van der Waals surface area contributed by atoms with Crippen molar-refractivity contribution in [1.29, 1.82) is 0 Å². The summed E-state index contributed by atoms with van der Waals surface area (Å²) in [6, 6.07) is 7.83. The zero-order valence-electron chi connectivity index (χ0n) is 15.3. The summed E-state index contributed by atoms with van der Waals surface area (Å²) in [5, 5.41) is 9.40. The molecule has 0 unspecified atom stereocenters. The molecule has 1 aromatic heterocycles. The summed E-state index contributed by atoms with van der Waals surface area (Å²) >= 11 is 5.32. The van der Waals surface area contributed by atoms with Gasteiger partial charge in [0.15, 0.2) is 5.11 Å². The number of benzene rings is 1. The number of thiocarbonyl (C=S) groups is 1. The van der Waals surface area contributed by atoms with E-state index in [0.717, 1.165) is 11.4 Å². The van der Waals surface area contributed by atoms with Gasteiger partial charge in [0.2, 0.25) is 11.9 Å². The normalized spacial score (nSPS) is 11.4. The lowest BCUT2D eigenvalue weighted by Gasteiger charge is -2.14. The van der Waals surface area contributed by atoms with E-state index in [2.05, 4.69) is 44.8 Å². The van der Waals surface area contributed by atoms with E-state index < -0.39 is 0 Å². The third-order valence-corrected chi connectivity index (χ3v) is 3.37. The number of aromatic nitrogens is 2. The van der Waals surface area contributed by atoms with Crippen molar-refractivity contribution < 1.29 is 4.39 Å². The lowest BCUT2D eigenvalue weighted by atomic mass is 10.2. The number of rotatable bonds is 4. The fourth-order valence-electron chi connectivity index (χ4n) is 2.08. The van der Waals surface area contributed by atoms with Crippen LogP contribution in [0.5, 0.6) is 0 Å². The Morgan fingerprint density at radius 1 is 1.12 bits per heavy atom. The molecule has 0 aliphatic rings. The van der Waals surface area contributed by atoms with Gasteiger partial charge in [-0.2, -0.15) is 0 Å². The number of guanidine groups is 1. The summed E-state index contributed by atoms with van der Waals surface area (Å²) in [7, 11) is 0. The molecule has 0 aliphatic carbocycles. The lowest BCUT2D eigenvalue weighted by Crippen LogP contribution is -2.39. The molecule has 138 valence electrons. The summed E-state index contributed by atoms with van der Waals surface area (Å²) in [4.78, 5) is 13.2. The van der Waals surface area contributed by atoms with Gasteiger partial charge in [-0.05, 0) is 62.3 Å². The first-order valence-corrected chi connectivity index (χ1v) is 8.70. The number of hydrogen-bond donors (Lipinski definition) is 3. The summed E-state index contributed by atoms with van der Waals surface area (Å²) in [6.07, 6.45) is 0. The van der Waals surface area contributed by atoms with Crippen LogP contribution < -0.4 is 16.0 Å². The van der Waals surface area contributed by atoms with Crippen LogP contribution in [-0.2, 0) is 0 Å². The Hall–Kier alpha value is -2.61. The molecule has 8 heteroatoms. The van der Waals surface area contributed by atoms with E-state index in [1.165, 1.54) is 12.1 Å². The maximum atomic E-state index is 13.0. The Morgan fingerprint density at radius 2 is 1.73 bits per heavy atom. The minimum absolute atomic E-state index is 0.303. The van der Waals surface area contributed by atoms with E-state index in [-0.39, 0.29) is 5.82 Å². The van der Waals surface area contributed by atoms with Crippen molar-refractivity contribution in [3.63, 3.8) is 0 Å². The van der Waals surface area contributed by atoms with Crippen molar-refractivity contribution in [3.05, 3.63) is 47.5 Å². The maximum Gasteiger partial charge on any atom is 0.229 e. The van der Waals surface area contributed by atoms with Crippen LogP contribution in [0.25, 0.3) is 0 Å². The van der Waals surface area contributed by atoms with Gasteiger partial charge >= 0.3 is 0 Å². The zero-order valence-corrected chi connectivity index (χ0v) is 16.1. The average Bonchev–Trinajstić information content (AvgIpc) is 2.54. The largest absolute Gasteiger partial charge is 0.332 e. The molecule has 0 fully saturated rings. The van der Waals surface area contributed by atoms with Gasteiger partial charge in [0.25, 0.3) is 0 Å². The molecule has 0 saturated carbocycles. The zero-order chi connectivity index (χ0) is 19.1. The quantitative estimate of drug-likeness (QED) is 0.431. The first kappa shape index (κ1) is 19.7. The van der Waals surface area contributed by atoms with Crippen LogP contribution in [0.15, 0.2) is 35.3 Å². The molecule has 1 heterocycles. The molecule has 0 amide bonds. The molecule has 0 atom stereocenters. The van der Waals surface area contributed by atoms with Gasteiger partial charge in [-0.15, -0.1) is 0 Å². The highest BCUT2D eigenvalue weighted by molar-refractivity contribution is 7.80. The number of hydrogen-bond acceptors (Lipinski definition) is 4. The van der Waals surface area contributed by atoms with Gasteiger partial charge in [0.1, 0.15) is 5.82 Å². The molecule has 0 radical (unpaired) electrons. The first-order chi connectivity index (χ1) is 12.3. The maximum absolute atomic E-state index is 13.0. The Labute approximate surface area is 158 Å². The molecule has 2 rings (SSSR count). The van der Waals surface area contributed by atoms with Crippen LogP contribution in [0.3, 0.4) is 0 Å². The molecule has 0 aliphatic heterocycles. The number of nitrogens with one attached hydrogen (secondary N) is 3. The number of aliphatic imine (C=N–C) groups is 1. The number of aryl methyl sites for hydroxylation is 2. The number of halogens is 1. The Kier molecular flexibility index (Phi) is 6.97. The fraction of sp³-hybridized carbons (Fsp3) is 0.333. The molecule has 2 aromatic rings. The second-order valence-electron chi connectivity index (χ2n) is 6.27. The molecular formula is C18H23FN6S. The third kappa shape index (κ3) is 6.72. The van der Waals surface area contributed by atoms with E-state index >= 15 is 0 Å². The second-order valence-corrected chi connectivity index (χ2v) is 6.68. The van der Waals surface area contributed by atoms with E-state index in [0.29, 0.717) is 35.2 Å². The van der Waals surface area contributed by atoms with Crippen molar-refractivity contribution in [1.82, 2.24) is 15.3 Å². The lowest BCUT2D eigenvalue weighted by molar-refractivity contribution is 0.628. The molecule has 1 aromatic carbocycles. The van der Waals surface area contributed by atoms with Gasteiger partial charge in [0, 0.05) is 23.6 Å². The van der Waals surface area contributed by atoms with Crippen LogP contribution in [0.2, 0.25) is 0 Å². The summed E-state index contributed by atoms with van der Waals surface area (Å²) in [5.74, 6) is 0.972. The van der Waals surface area contributed by atoms with Gasteiger partial charge in [-0.1, -0.05) is 13.8 Å². The Balaban J connectivity index is 2.09. The third-order valence-electron chi connectivity index (χ3n) is 3.16. The highest BCUT2D eigenvalue weighted by Crippen LogP contribution is 2.08. The van der Waals surface area contributed by atoms with E-state index in [1.54, 1.807) is 12.1 Å². The summed E-state index contributed by atoms with van der Waals surface area (Å²) < 4.78 is 13.0. The highest BCUT2D eigenvalue weighted by atomic mass is 32.1. The van der Waals surface area contributed by atoms with Gasteiger partial charge in [0.05, 0.1) is 0 Å². The van der Waals surface area contributed by atoms with Gasteiger partial charge < -0.3 is 10.6 Å². The Morgan fingerprint density at radius 3 is 2.31 bits per heavy atom. The smallest absolute Gasteiger partial charge is 0.229 e. The van der Waals surface area contributed by atoms with Gasteiger partial charge in [-0.3, -0.25) is 10.3 Å². The molecule has 0 bridgehead atoms. The van der Waals surface area contributed by atoms with E-state index in [9.17, 15) is 4.39 Å². The summed E-state index contributed by atoms with van der Waals surface area (Å²) in [6.45, 7) is 8.56. The van der Waals surface area contributed by atoms with Crippen LogP contribution in [0.4, 0.5) is 16.0 Å². The molecule has 3 N–H and O–H groups in total. The van der Waals surface area contributed by atoms with Crippen LogP contribution in [-0.4, -0.2) is 27.6 Å². The summed E-state index contributed by atoms with van der Waals surface area (Å²) in [5.41, 5.74) is 2.39. The van der Waals surface area contributed by atoms with E-state index in [1.807, 2.05) is 19.9 Å². The topological polar surface area (TPSA) is 74.2 Å².